The number of aromatic nitrogens is 2. The summed E-state index contributed by atoms with van der Waals surface area (Å²) in [5, 5.41) is 9.40. The lowest BCUT2D eigenvalue weighted by Crippen LogP contribution is -2.46. The van der Waals surface area contributed by atoms with Gasteiger partial charge in [0.2, 0.25) is 5.95 Å². The molecular weight excluding hydrogens is 498 g/mol. The molecule has 0 radical (unpaired) electrons. The molecule has 1 aromatic heterocycles. The number of Topliss-reactive ketones (excluding diaryl/α,β-unsaturated/α-hetero) is 1. The maximum Gasteiger partial charge on any atom is 0.387 e. The number of anilines is 1. The second-order valence-corrected chi connectivity index (χ2v) is 10.1. The quantitative estimate of drug-likeness (QED) is 0.441. The molecule has 1 aliphatic carbocycles. The molecule has 5 rings (SSSR count). The zero-order chi connectivity index (χ0) is 27.0. The number of carboxylic acid groups (broad SMARTS) is 1. The maximum absolute atomic E-state index is 13.1. The fourth-order valence-corrected chi connectivity index (χ4v) is 5.49. The molecule has 3 aliphatic rings. The van der Waals surface area contributed by atoms with Crippen LogP contribution in [0.1, 0.15) is 60.3 Å². The highest BCUT2D eigenvalue weighted by atomic mass is 19.3. The van der Waals surface area contributed by atoms with Gasteiger partial charge in [0, 0.05) is 34.8 Å². The van der Waals surface area contributed by atoms with Gasteiger partial charge in [-0.2, -0.15) is 8.78 Å². The van der Waals surface area contributed by atoms with Crippen LogP contribution in [-0.2, 0) is 9.53 Å². The number of benzene rings is 1. The van der Waals surface area contributed by atoms with Gasteiger partial charge in [-0.3, -0.25) is 4.79 Å². The summed E-state index contributed by atoms with van der Waals surface area (Å²) in [5.41, 5.74) is 7.55. The van der Waals surface area contributed by atoms with Crippen LogP contribution in [-0.4, -0.2) is 58.2 Å². The van der Waals surface area contributed by atoms with Gasteiger partial charge in [-0.1, -0.05) is 12.1 Å². The zero-order valence-corrected chi connectivity index (χ0v) is 21.0. The van der Waals surface area contributed by atoms with Gasteiger partial charge >= 0.3 is 12.6 Å². The first-order valence-corrected chi connectivity index (χ1v) is 12.8. The van der Waals surface area contributed by atoms with Gasteiger partial charge in [-0.25, -0.2) is 14.8 Å². The number of ketones is 1. The number of alkyl halides is 2. The minimum absolute atomic E-state index is 0.0294. The lowest BCUT2D eigenvalue weighted by Gasteiger charge is -2.39. The van der Waals surface area contributed by atoms with Crippen molar-refractivity contribution < 1.29 is 33.0 Å². The number of carbonyl (C=O) groups is 2. The third kappa shape index (κ3) is 5.47. The minimum Gasteiger partial charge on any atom is -0.477 e. The normalized spacial score (nSPS) is 23.4. The molecule has 3 atom stereocenters. The Morgan fingerprint density at radius 2 is 1.82 bits per heavy atom. The van der Waals surface area contributed by atoms with Gasteiger partial charge in [0.15, 0.2) is 11.5 Å². The van der Waals surface area contributed by atoms with Crippen molar-refractivity contribution in [1.82, 2.24) is 9.97 Å². The summed E-state index contributed by atoms with van der Waals surface area (Å²) in [4.78, 5) is 35.5. The summed E-state index contributed by atoms with van der Waals surface area (Å²) in [7, 11) is 0. The summed E-state index contributed by atoms with van der Waals surface area (Å²) >= 11 is 0. The molecule has 0 amide bonds. The molecule has 0 spiro atoms. The topological polar surface area (TPSA) is 128 Å². The van der Waals surface area contributed by atoms with Crippen LogP contribution >= 0.6 is 0 Å². The van der Waals surface area contributed by atoms with Crippen molar-refractivity contribution in [3.8, 4) is 5.75 Å². The number of carboxylic acids is 1. The second kappa shape index (κ2) is 10.6. The summed E-state index contributed by atoms with van der Waals surface area (Å²) < 4.78 is 36.8. The van der Waals surface area contributed by atoms with Crippen molar-refractivity contribution in [3.63, 3.8) is 0 Å². The molecule has 38 heavy (non-hydrogen) atoms. The van der Waals surface area contributed by atoms with Gasteiger partial charge in [0.25, 0.3) is 0 Å². The van der Waals surface area contributed by atoms with E-state index in [0.29, 0.717) is 24.5 Å². The largest absolute Gasteiger partial charge is 0.477 e. The second-order valence-electron chi connectivity index (χ2n) is 10.1. The Hall–Kier alpha value is -3.60. The predicted octanol–water partition coefficient (Wildman–Crippen LogP) is 3.95. The first-order valence-electron chi connectivity index (χ1n) is 12.8. The van der Waals surface area contributed by atoms with E-state index in [2.05, 4.69) is 19.6 Å². The number of carbonyl (C=O) groups excluding carboxylic acids is 1. The smallest absolute Gasteiger partial charge is 0.387 e. The first-order chi connectivity index (χ1) is 18.2. The van der Waals surface area contributed by atoms with E-state index in [1.807, 2.05) is 0 Å². The van der Waals surface area contributed by atoms with Crippen molar-refractivity contribution >= 4 is 23.4 Å². The Balaban J connectivity index is 1.33. The van der Waals surface area contributed by atoms with Crippen molar-refractivity contribution in [3.05, 3.63) is 52.9 Å². The van der Waals surface area contributed by atoms with Crippen molar-refractivity contribution in [2.75, 3.05) is 11.5 Å². The van der Waals surface area contributed by atoms with E-state index >= 15 is 0 Å². The fraction of sp³-hybridized carbons (Fsp3) is 0.481. The number of aromatic carboxylic acids is 1. The Kier molecular flexibility index (Phi) is 7.29. The number of halogens is 2. The number of piperidine rings is 1. The van der Waals surface area contributed by atoms with E-state index in [-0.39, 0.29) is 64.8 Å². The number of rotatable bonds is 10. The number of hydrogen-bond acceptors (Lipinski definition) is 8. The molecule has 1 aromatic carbocycles. The van der Waals surface area contributed by atoms with Crippen molar-refractivity contribution in [2.45, 2.75) is 70.2 Å². The molecule has 202 valence electrons. The number of hydrogen-bond donors (Lipinski definition) is 2. The number of nitrogens with two attached hydrogens (primary N) is 1. The highest BCUT2D eigenvalue weighted by Gasteiger charge is 2.43. The average Bonchev–Trinajstić information content (AvgIpc) is 3.68. The molecule has 9 nitrogen and oxygen atoms in total. The van der Waals surface area contributed by atoms with Crippen LogP contribution in [0, 0.1) is 12.8 Å². The van der Waals surface area contributed by atoms with Crippen molar-refractivity contribution in [2.24, 2.45) is 11.7 Å². The van der Waals surface area contributed by atoms with Crippen LogP contribution in [0.4, 0.5) is 14.7 Å². The first kappa shape index (κ1) is 26.0. The lowest BCUT2D eigenvalue weighted by atomic mass is 9.98. The third-order valence-corrected chi connectivity index (χ3v) is 7.41. The summed E-state index contributed by atoms with van der Waals surface area (Å²) in [6.07, 6.45) is 4.49. The molecule has 2 aliphatic heterocycles. The van der Waals surface area contributed by atoms with Crippen LogP contribution in [0.25, 0.3) is 5.70 Å². The molecule has 11 heteroatoms. The molecule has 2 unspecified atom stereocenters. The van der Waals surface area contributed by atoms with Crippen LogP contribution < -0.4 is 15.4 Å². The van der Waals surface area contributed by atoms with Crippen LogP contribution in [0.15, 0.2) is 35.9 Å². The molecular formula is C27H30F2N4O5. The summed E-state index contributed by atoms with van der Waals surface area (Å²) in [6.45, 7) is -1.31. The van der Waals surface area contributed by atoms with E-state index in [9.17, 15) is 23.5 Å². The van der Waals surface area contributed by atoms with Gasteiger partial charge in [0.1, 0.15) is 5.75 Å². The number of aryl methyl sites for hydroxylation is 1. The molecule has 2 saturated heterocycles. The minimum atomic E-state index is -3.02. The highest BCUT2D eigenvalue weighted by molar-refractivity contribution is 6.05. The van der Waals surface area contributed by atoms with Crippen LogP contribution in [0.3, 0.4) is 0 Å². The predicted molar refractivity (Wildman–Crippen MR) is 134 cm³/mol. The molecule has 3 heterocycles. The van der Waals surface area contributed by atoms with Crippen LogP contribution in [0.2, 0.25) is 0 Å². The average molecular weight is 529 g/mol. The van der Waals surface area contributed by atoms with E-state index < -0.39 is 12.6 Å². The maximum atomic E-state index is 13.1. The Bertz CT molecular complexity index is 1250. The molecule has 2 bridgehead atoms. The highest BCUT2D eigenvalue weighted by Crippen LogP contribution is 2.40. The monoisotopic (exact) mass is 528 g/mol. The van der Waals surface area contributed by atoms with Crippen molar-refractivity contribution in [1.29, 1.82) is 0 Å². The number of ether oxygens (including phenoxy) is 2. The Morgan fingerprint density at radius 3 is 2.45 bits per heavy atom. The van der Waals surface area contributed by atoms with Gasteiger partial charge in [-0.05, 0) is 63.6 Å². The van der Waals surface area contributed by atoms with Crippen LogP contribution in [0.5, 0.6) is 5.75 Å². The molecule has 3 fully saturated rings. The Labute approximate surface area is 218 Å². The molecule has 1 saturated carbocycles. The van der Waals surface area contributed by atoms with Gasteiger partial charge in [0.05, 0.1) is 18.4 Å². The van der Waals surface area contributed by atoms with Gasteiger partial charge < -0.3 is 25.2 Å². The molecule has 2 aromatic rings. The number of fused-ring (bicyclic) bond motifs is 2. The summed E-state index contributed by atoms with van der Waals surface area (Å²) in [6, 6.07) is 7.76. The standard InChI is InChI=1S/C27H30F2N4O5/c1-14-10-21(25(35)36)32-27(31-14)33-16-8-9-17(33)12-18(11-16)37-13-20(24(34)15-6-7-15)23(30)19-4-2-3-5-22(19)38-26(28)29/h2-5,10,15-18,26H,6-9,11-13,30H2,1H3,(H,35,36)/t16-,17?,18?/m0/s1. The number of nitrogens with zero attached hydrogens (tertiary/aromatic N) is 3. The zero-order valence-electron chi connectivity index (χ0n) is 21.0. The molecule has 3 N–H and O–H groups in total. The van der Waals surface area contributed by atoms with E-state index in [4.69, 9.17) is 10.5 Å². The van der Waals surface area contributed by atoms with E-state index in [1.54, 1.807) is 25.1 Å². The summed E-state index contributed by atoms with van der Waals surface area (Å²) in [5.74, 6) is -1.02. The lowest BCUT2D eigenvalue weighted by molar-refractivity contribution is -0.117. The number of para-hydroxylation sites is 1. The van der Waals surface area contributed by atoms with E-state index in [0.717, 1.165) is 25.7 Å². The SMILES string of the molecule is Cc1cc(C(=O)O)nc(N2C3CC[C@H]2CC(OCC(C(=O)C2CC2)=C(N)c2ccccc2OC(F)F)C3)n1. The van der Waals surface area contributed by atoms with E-state index in [1.165, 1.54) is 12.1 Å². The fourth-order valence-electron chi connectivity index (χ4n) is 5.49. The third-order valence-electron chi connectivity index (χ3n) is 7.41. The van der Waals surface area contributed by atoms with Gasteiger partial charge in [-0.15, -0.1) is 0 Å². The Morgan fingerprint density at radius 1 is 1.13 bits per heavy atom.